The Bertz CT molecular complexity index is 967. The van der Waals surface area contributed by atoms with E-state index in [1.165, 1.54) is 12.3 Å². The van der Waals surface area contributed by atoms with Gasteiger partial charge in [0, 0.05) is 23.7 Å². The first kappa shape index (κ1) is 19.9. The smallest absolute Gasteiger partial charge is 0.407 e. The number of carbonyl (C=O) groups excluding carboxylic acids is 1. The SMILES string of the molecule is O=C(NCC(O)C(O)c1cc(Cl)c2cccnc2c1O)OCc1ccccc1. The summed E-state index contributed by atoms with van der Waals surface area (Å²) in [5, 5.41) is 34.1. The molecule has 0 fully saturated rings. The lowest BCUT2D eigenvalue weighted by molar-refractivity contribution is 0.0172. The Labute approximate surface area is 166 Å². The molecular formula is C20H19ClN2O5. The van der Waals surface area contributed by atoms with Crippen LogP contribution >= 0.6 is 11.6 Å². The number of nitrogens with one attached hydrogen (secondary N) is 1. The van der Waals surface area contributed by atoms with Crippen LogP contribution in [0.4, 0.5) is 4.79 Å². The number of phenolic OH excluding ortho intramolecular Hbond substituents is 1. The van der Waals surface area contributed by atoms with E-state index in [1.807, 2.05) is 30.3 Å². The molecule has 0 spiro atoms. The molecule has 1 heterocycles. The molecule has 2 aromatic carbocycles. The number of fused-ring (bicyclic) bond motifs is 1. The predicted molar refractivity (Wildman–Crippen MR) is 104 cm³/mol. The third-order valence-corrected chi connectivity index (χ3v) is 4.51. The van der Waals surface area contributed by atoms with Crippen molar-refractivity contribution in [2.45, 2.75) is 18.8 Å². The van der Waals surface area contributed by atoms with Gasteiger partial charge in [0.25, 0.3) is 0 Å². The number of halogens is 1. The minimum Gasteiger partial charge on any atom is -0.505 e. The van der Waals surface area contributed by atoms with E-state index in [-0.39, 0.29) is 35.0 Å². The van der Waals surface area contributed by atoms with Gasteiger partial charge in [-0.1, -0.05) is 41.9 Å². The molecule has 0 aliphatic carbocycles. The van der Waals surface area contributed by atoms with Crippen LogP contribution in [0.1, 0.15) is 17.2 Å². The van der Waals surface area contributed by atoms with E-state index in [2.05, 4.69) is 10.3 Å². The summed E-state index contributed by atoms with van der Waals surface area (Å²) in [5.74, 6) is -0.279. The average Bonchev–Trinajstić information content (AvgIpc) is 2.73. The largest absolute Gasteiger partial charge is 0.505 e. The van der Waals surface area contributed by atoms with Gasteiger partial charge in [-0.3, -0.25) is 4.98 Å². The van der Waals surface area contributed by atoms with Crippen LogP contribution in [0.15, 0.2) is 54.7 Å². The number of aromatic hydroxyl groups is 1. The number of aliphatic hydroxyl groups is 2. The first-order valence-electron chi connectivity index (χ1n) is 8.54. The van der Waals surface area contributed by atoms with Crippen molar-refractivity contribution in [2.24, 2.45) is 0 Å². The van der Waals surface area contributed by atoms with E-state index in [0.29, 0.717) is 5.39 Å². The Morgan fingerprint density at radius 1 is 1.18 bits per heavy atom. The molecule has 0 bridgehead atoms. The quantitative estimate of drug-likeness (QED) is 0.504. The van der Waals surface area contributed by atoms with E-state index in [0.717, 1.165) is 5.56 Å². The molecule has 4 N–H and O–H groups in total. The van der Waals surface area contributed by atoms with Crippen molar-refractivity contribution in [3.63, 3.8) is 0 Å². The van der Waals surface area contributed by atoms with Gasteiger partial charge in [0.2, 0.25) is 0 Å². The fourth-order valence-corrected chi connectivity index (χ4v) is 2.98. The fraction of sp³-hybridized carbons (Fsp3) is 0.200. The molecule has 8 heteroatoms. The Morgan fingerprint density at radius 3 is 2.68 bits per heavy atom. The summed E-state index contributed by atoms with van der Waals surface area (Å²) in [6.45, 7) is -0.204. The minimum absolute atomic E-state index is 0.0168. The number of hydrogen-bond acceptors (Lipinski definition) is 6. The number of aliphatic hydroxyl groups excluding tert-OH is 2. The summed E-state index contributed by atoms with van der Waals surface area (Å²) < 4.78 is 5.04. The molecule has 0 aliphatic rings. The number of phenols is 1. The van der Waals surface area contributed by atoms with Crippen molar-refractivity contribution < 1.29 is 24.9 Å². The number of hydrogen-bond donors (Lipinski definition) is 4. The van der Waals surface area contributed by atoms with E-state index in [9.17, 15) is 20.1 Å². The van der Waals surface area contributed by atoms with E-state index in [1.54, 1.807) is 12.1 Å². The van der Waals surface area contributed by atoms with Crippen LogP contribution in [-0.4, -0.2) is 39.0 Å². The van der Waals surface area contributed by atoms with Gasteiger partial charge >= 0.3 is 6.09 Å². The number of pyridine rings is 1. The zero-order chi connectivity index (χ0) is 20.1. The van der Waals surface area contributed by atoms with Crippen LogP contribution in [0.5, 0.6) is 5.75 Å². The van der Waals surface area contributed by atoms with Crippen molar-refractivity contribution >= 4 is 28.6 Å². The zero-order valence-corrected chi connectivity index (χ0v) is 15.5. The topological polar surface area (TPSA) is 112 Å². The molecule has 3 aromatic rings. The minimum atomic E-state index is -1.49. The van der Waals surface area contributed by atoms with Gasteiger partial charge in [-0.2, -0.15) is 0 Å². The number of aromatic nitrogens is 1. The number of alkyl carbamates (subject to hydrolysis) is 1. The lowest BCUT2D eigenvalue weighted by Gasteiger charge is -2.20. The van der Waals surface area contributed by atoms with E-state index >= 15 is 0 Å². The second kappa shape index (κ2) is 8.88. The highest BCUT2D eigenvalue weighted by Gasteiger charge is 2.24. The normalized spacial score (nSPS) is 13.1. The van der Waals surface area contributed by atoms with E-state index < -0.39 is 18.3 Å². The standard InChI is InChI=1S/C20H19ClN2O5/c21-15-9-14(19(26)17-13(15)7-4-8-22-17)18(25)16(24)10-23-20(27)28-11-12-5-2-1-3-6-12/h1-9,16,18,24-26H,10-11H2,(H,23,27). The molecule has 1 aromatic heterocycles. The summed E-state index contributed by atoms with van der Waals surface area (Å²) in [6.07, 6.45) is -2.14. The van der Waals surface area contributed by atoms with E-state index in [4.69, 9.17) is 16.3 Å². The molecule has 0 saturated heterocycles. The second-order valence-electron chi connectivity index (χ2n) is 6.15. The molecule has 2 atom stereocenters. The average molecular weight is 403 g/mol. The monoisotopic (exact) mass is 402 g/mol. The number of nitrogens with zero attached hydrogens (tertiary/aromatic N) is 1. The van der Waals surface area contributed by atoms with Crippen LogP contribution in [-0.2, 0) is 11.3 Å². The Morgan fingerprint density at radius 2 is 1.93 bits per heavy atom. The molecule has 0 aliphatic heterocycles. The van der Waals surface area contributed by atoms with Gasteiger partial charge < -0.3 is 25.4 Å². The molecule has 28 heavy (non-hydrogen) atoms. The molecule has 7 nitrogen and oxygen atoms in total. The summed E-state index contributed by atoms with van der Waals surface area (Å²) in [6, 6.07) is 13.8. The van der Waals surface area contributed by atoms with Crippen LogP contribution in [0.25, 0.3) is 10.9 Å². The van der Waals surface area contributed by atoms with Crippen LogP contribution in [0.2, 0.25) is 5.02 Å². The van der Waals surface area contributed by atoms with Crippen molar-refractivity contribution in [3.8, 4) is 5.75 Å². The third kappa shape index (κ3) is 4.51. The molecule has 1 amide bonds. The van der Waals surface area contributed by atoms with Gasteiger partial charge in [-0.05, 0) is 23.8 Å². The molecule has 146 valence electrons. The second-order valence-corrected chi connectivity index (χ2v) is 6.56. The third-order valence-electron chi connectivity index (χ3n) is 4.20. The van der Waals surface area contributed by atoms with Crippen molar-refractivity contribution in [1.82, 2.24) is 10.3 Å². The van der Waals surface area contributed by atoms with Gasteiger partial charge in [-0.25, -0.2) is 4.79 Å². The van der Waals surface area contributed by atoms with Crippen LogP contribution < -0.4 is 5.32 Å². The maximum absolute atomic E-state index is 11.8. The predicted octanol–water partition coefficient (Wildman–Crippen LogP) is 2.91. The van der Waals surface area contributed by atoms with Crippen LogP contribution in [0, 0.1) is 0 Å². The molecule has 3 rings (SSSR count). The van der Waals surface area contributed by atoms with Gasteiger partial charge in [0.1, 0.15) is 30.1 Å². The highest BCUT2D eigenvalue weighted by Crippen LogP contribution is 2.36. The van der Waals surface area contributed by atoms with Crippen LogP contribution in [0.3, 0.4) is 0 Å². The lowest BCUT2D eigenvalue weighted by atomic mass is 10.0. The number of carbonyl (C=O) groups is 1. The maximum Gasteiger partial charge on any atom is 0.407 e. The summed E-state index contributed by atoms with van der Waals surface area (Å²) in [5.41, 5.74) is 1.05. The summed E-state index contributed by atoms with van der Waals surface area (Å²) in [4.78, 5) is 15.8. The maximum atomic E-state index is 11.8. The Hall–Kier alpha value is -2.87. The summed E-state index contributed by atoms with van der Waals surface area (Å²) in [7, 11) is 0. The first-order chi connectivity index (χ1) is 13.5. The molecule has 2 unspecified atom stereocenters. The van der Waals surface area contributed by atoms with Gasteiger partial charge in [0.15, 0.2) is 0 Å². The Kier molecular flexibility index (Phi) is 6.30. The highest BCUT2D eigenvalue weighted by molar-refractivity contribution is 6.35. The first-order valence-corrected chi connectivity index (χ1v) is 8.92. The fourth-order valence-electron chi connectivity index (χ4n) is 2.71. The number of ether oxygens (including phenoxy) is 1. The summed E-state index contributed by atoms with van der Waals surface area (Å²) >= 11 is 6.18. The van der Waals surface area contributed by atoms with Crippen molar-refractivity contribution in [3.05, 3.63) is 70.9 Å². The highest BCUT2D eigenvalue weighted by atomic mass is 35.5. The van der Waals surface area contributed by atoms with Crippen molar-refractivity contribution in [2.75, 3.05) is 6.54 Å². The van der Waals surface area contributed by atoms with Crippen molar-refractivity contribution in [1.29, 1.82) is 0 Å². The molecular weight excluding hydrogens is 384 g/mol. The number of rotatable bonds is 6. The lowest BCUT2D eigenvalue weighted by Crippen LogP contribution is -2.35. The molecule has 0 radical (unpaired) electrons. The Balaban J connectivity index is 1.61. The zero-order valence-electron chi connectivity index (χ0n) is 14.7. The molecule has 0 saturated carbocycles. The van der Waals surface area contributed by atoms with Gasteiger partial charge in [0.05, 0.1) is 5.02 Å². The number of amides is 1. The number of benzene rings is 2. The van der Waals surface area contributed by atoms with Gasteiger partial charge in [-0.15, -0.1) is 0 Å².